The van der Waals surface area contributed by atoms with E-state index >= 15 is 0 Å². The van der Waals surface area contributed by atoms with Gasteiger partial charge >= 0.3 is 0 Å². The fraction of sp³-hybridized carbons (Fsp3) is 0.600. The van der Waals surface area contributed by atoms with Gasteiger partial charge in [-0.05, 0) is 38.1 Å². The second kappa shape index (κ2) is 7.73. The van der Waals surface area contributed by atoms with Gasteiger partial charge in [-0.3, -0.25) is 4.90 Å². The van der Waals surface area contributed by atoms with E-state index in [-0.39, 0.29) is 11.6 Å². The molecule has 4 nitrogen and oxygen atoms in total. The number of benzene rings is 1. The Morgan fingerprint density at radius 2 is 2.05 bits per heavy atom. The van der Waals surface area contributed by atoms with Crippen molar-refractivity contribution in [3.05, 3.63) is 34.6 Å². The molecule has 1 aliphatic heterocycles. The molecule has 0 bridgehead atoms. The molecule has 7 heteroatoms. The summed E-state index contributed by atoms with van der Waals surface area (Å²) in [4.78, 5) is 2.18. The molecule has 0 unspecified atom stereocenters. The third kappa shape index (κ3) is 5.50. The Hall–Kier alpha value is -0.690. The van der Waals surface area contributed by atoms with E-state index < -0.39 is 9.84 Å². The van der Waals surface area contributed by atoms with Crippen LogP contribution in [0.5, 0.6) is 0 Å². The summed E-state index contributed by atoms with van der Waals surface area (Å²) in [5, 5.41) is 3.75. The highest BCUT2D eigenvalue weighted by molar-refractivity contribution is 7.90. The molecule has 1 aromatic carbocycles. The number of piperidine rings is 1. The van der Waals surface area contributed by atoms with Crippen molar-refractivity contribution in [3.63, 3.8) is 0 Å². The molecule has 1 aliphatic rings. The van der Waals surface area contributed by atoms with Gasteiger partial charge in [0.15, 0.2) is 0 Å². The Morgan fingerprint density at radius 1 is 1.36 bits per heavy atom. The summed E-state index contributed by atoms with van der Waals surface area (Å²) < 4.78 is 36.0. The molecule has 2 rings (SSSR count). The van der Waals surface area contributed by atoms with Crippen LogP contribution < -0.4 is 5.32 Å². The first kappa shape index (κ1) is 17.7. The highest BCUT2D eigenvalue weighted by atomic mass is 35.5. The van der Waals surface area contributed by atoms with E-state index in [0.717, 1.165) is 25.9 Å². The first-order valence-corrected chi connectivity index (χ1v) is 9.85. The van der Waals surface area contributed by atoms with Gasteiger partial charge in [0.05, 0.1) is 5.75 Å². The smallest absolute Gasteiger partial charge is 0.148 e. The van der Waals surface area contributed by atoms with Gasteiger partial charge in [-0.25, -0.2) is 12.8 Å². The number of halogens is 2. The third-order valence-corrected chi connectivity index (χ3v) is 5.24. The number of hydrogen-bond donors (Lipinski definition) is 1. The predicted octanol–water partition coefficient (Wildman–Crippen LogP) is 2.08. The zero-order valence-corrected chi connectivity index (χ0v) is 14.3. The lowest BCUT2D eigenvalue weighted by Gasteiger charge is -2.32. The molecule has 0 aliphatic carbocycles. The monoisotopic (exact) mass is 348 g/mol. The minimum atomic E-state index is -2.92. The van der Waals surface area contributed by atoms with Crippen molar-refractivity contribution in [2.24, 2.45) is 0 Å². The molecular formula is C15H22ClFN2O2S. The van der Waals surface area contributed by atoms with Gasteiger partial charge in [0.25, 0.3) is 0 Å². The van der Waals surface area contributed by atoms with Gasteiger partial charge in [0, 0.05) is 36.0 Å². The minimum absolute atomic E-state index is 0.165. The van der Waals surface area contributed by atoms with E-state index in [1.165, 1.54) is 12.3 Å². The van der Waals surface area contributed by atoms with Crippen LogP contribution in [0, 0.1) is 5.82 Å². The van der Waals surface area contributed by atoms with Crippen LogP contribution in [0.2, 0.25) is 5.02 Å². The van der Waals surface area contributed by atoms with Crippen LogP contribution >= 0.6 is 11.6 Å². The average Bonchev–Trinajstić information content (AvgIpc) is 2.43. The summed E-state index contributed by atoms with van der Waals surface area (Å²) in [5.41, 5.74) is 0.549. The molecule has 124 valence electrons. The van der Waals surface area contributed by atoms with Crippen molar-refractivity contribution in [1.82, 2.24) is 10.2 Å². The molecule has 1 fully saturated rings. The van der Waals surface area contributed by atoms with Crippen molar-refractivity contribution >= 4 is 21.4 Å². The normalized spacial score (nSPS) is 17.8. The van der Waals surface area contributed by atoms with Gasteiger partial charge in [-0.1, -0.05) is 17.7 Å². The lowest BCUT2D eigenvalue weighted by Crippen LogP contribution is -2.43. The summed E-state index contributed by atoms with van der Waals surface area (Å²) in [5.74, 6) is -0.0983. The van der Waals surface area contributed by atoms with Crippen molar-refractivity contribution in [2.45, 2.75) is 25.4 Å². The Bertz CT molecular complexity index is 581. The van der Waals surface area contributed by atoms with Gasteiger partial charge in [0.1, 0.15) is 15.7 Å². The number of likely N-dealkylation sites (tertiary alicyclic amines) is 1. The Labute approximate surface area is 136 Å². The van der Waals surface area contributed by atoms with Crippen LogP contribution in [0.15, 0.2) is 18.2 Å². The van der Waals surface area contributed by atoms with E-state index in [2.05, 4.69) is 10.2 Å². The molecule has 0 saturated carbocycles. The van der Waals surface area contributed by atoms with Crippen LogP contribution in [0.3, 0.4) is 0 Å². The number of rotatable bonds is 6. The van der Waals surface area contributed by atoms with Crippen LogP contribution in [0.1, 0.15) is 18.4 Å². The molecule has 1 saturated heterocycles. The largest absolute Gasteiger partial charge is 0.313 e. The molecule has 1 N–H and O–H groups in total. The number of sulfone groups is 1. The quantitative estimate of drug-likeness (QED) is 0.855. The zero-order chi connectivity index (χ0) is 16.2. The zero-order valence-electron chi connectivity index (χ0n) is 12.7. The Balaban J connectivity index is 1.78. The first-order chi connectivity index (χ1) is 10.3. The lowest BCUT2D eigenvalue weighted by atomic mass is 10.0. The van der Waals surface area contributed by atoms with E-state index in [1.807, 2.05) is 0 Å². The maximum absolute atomic E-state index is 13.8. The molecule has 22 heavy (non-hydrogen) atoms. The average molecular weight is 349 g/mol. The summed E-state index contributed by atoms with van der Waals surface area (Å²) in [6.07, 6.45) is 3.10. The van der Waals surface area contributed by atoms with Crippen LogP contribution in [0.4, 0.5) is 4.39 Å². The Kier molecular flexibility index (Phi) is 6.20. The first-order valence-electron chi connectivity index (χ1n) is 7.41. The maximum atomic E-state index is 13.8. The lowest BCUT2D eigenvalue weighted by molar-refractivity contribution is 0.190. The standard InChI is InChI=1S/C15H22ClFN2O2S/c1-22(20,21)10-7-18-12-5-8-19(9-6-12)11-13-14(16)3-2-4-15(13)17/h2-4,12,18H,5-11H2,1H3. The van der Waals surface area contributed by atoms with Crippen molar-refractivity contribution < 1.29 is 12.8 Å². The van der Waals surface area contributed by atoms with Crippen LogP contribution in [-0.2, 0) is 16.4 Å². The maximum Gasteiger partial charge on any atom is 0.148 e. The molecule has 1 aromatic rings. The number of nitrogens with one attached hydrogen (secondary N) is 1. The fourth-order valence-corrected chi connectivity index (χ4v) is 3.36. The molecule has 0 spiro atoms. The van der Waals surface area contributed by atoms with Gasteiger partial charge in [0.2, 0.25) is 0 Å². The SMILES string of the molecule is CS(=O)(=O)CCNC1CCN(Cc2c(F)cccc2Cl)CC1. The van der Waals surface area contributed by atoms with Gasteiger partial charge in [-0.2, -0.15) is 0 Å². The topological polar surface area (TPSA) is 49.4 Å². The summed E-state index contributed by atoms with van der Waals surface area (Å²) in [7, 11) is -2.92. The highest BCUT2D eigenvalue weighted by Crippen LogP contribution is 2.22. The summed E-state index contributed by atoms with van der Waals surface area (Å²) >= 11 is 6.05. The molecule has 0 atom stereocenters. The van der Waals surface area contributed by atoms with Crippen molar-refractivity contribution in [1.29, 1.82) is 0 Å². The molecular weight excluding hydrogens is 327 g/mol. The Morgan fingerprint density at radius 3 is 2.64 bits per heavy atom. The second-order valence-corrected chi connectivity index (χ2v) is 8.50. The molecule has 1 heterocycles. The van der Waals surface area contributed by atoms with Gasteiger partial charge in [-0.15, -0.1) is 0 Å². The molecule has 0 aromatic heterocycles. The fourth-order valence-electron chi connectivity index (χ4n) is 2.65. The highest BCUT2D eigenvalue weighted by Gasteiger charge is 2.20. The van der Waals surface area contributed by atoms with E-state index in [9.17, 15) is 12.8 Å². The summed E-state index contributed by atoms with van der Waals surface area (Å²) in [6, 6.07) is 5.08. The van der Waals surface area contributed by atoms with Gasteiger partial charge < -0.3 is 5.32 Å². The van der Waals surface area contributed by atoms with Crippen molar-refractivity contribution in [2.75, 3.05) is 31.6 Å². The number of nitrogens with zero attached hydrogens (tertiary/aromatic N) is 1. The minimum Gasteiger partial charge on any atom is -0.313 e. The van der Waals surface area contributed by atoms with Crippen LogP contribution in [-0.4, -0.2) is 51.0 Å². The molecule has 0 amide bonds. The summed E-state index contributed by atoms with van der Waals surface area (Å²) in [6.45, 7) is 2.70. The van der Waals surface area contributed by atoms with E-state index in [1.54, 1.807) is 12.1 Å². The van der Waals surface area contributed by atoms with E-state index in [0.29, 0.717) is 29.7 Å². The molecule has 0 radical (unpaired) electrons. The predicted molar refractivity (Wildman–Crippen MR) is 87.4 cm³/mol. The van der Waals surface area contributed by atoms with E-state index in [4.69, 9.17) is 11.6 Å². The van der Waals surface area contributed by atoms with Crippen molar-refractivity contribution in [3.8, 4) is 0 Å². The third-order valence-electron chi connectivity index (χ3n) is 3.94. The van der Waals surface area contributed by atoms with Crippen LogP contribution in [0.25, 0.3) is 0 Å². The number of hydrogen-bond acceptors (Lipinski definition) is 4. The second-order valence-electron chi connectivity index (χ2n) is 5.83.